The molecule has 2 unspecified atom stereocenters. The molecule has 2 amide bonds. The first-order valence-corrected chi connectivity index (χ1v) is 9.16. The standard InChI is InChI=1S/C19H25N3O4/c1-13-16(18(23)26-12-14-7-4-3-5-8-14)17(21-19(24)20-13)15-9-6-10-22(11-15)25-2/h6,9-11,14,16-17H,3-5,7-8,12H2,1-2H3/p+1. The van der Waals surface area contributed by atoms with Crippen LogP contribution in [-0.2, 0) is 9.53 Å². The van der Waals surface area contributed by atoms with Gasteiger partial charge in [-0.05, 0) is 31.7 Å². The Labute approximate surface area is 153 Å². The highest BCUT2D eigenvalue weighted by Crippen LogP contribution is 2.29. The number of nitrogens with zero attached hydrogens (tertiary/aromatic N) is 2. The molecule has 1 aromatic rings. The fourth-order valence-corrected chi connectivity index (χ4v) is 3.72. The van der Waals surface area contributed by atoms with Crippen LogP contribution in [0.3, 0.4) is 0 Å². The van der Waals surface area contributed by atoms with Crippen molar-refractivity contribution in [1.29, 1.82) is 0 Å². The Bertz CT molecular complexity index is 698. The number of ether oxygens (including phenoxy) is 1. The number of aromatic nitrogens is 1. The van der Waals surface area contributed by atoms with Gasteiger partial charge < -0.3 is 10.1 Å². The first-order valence-electron chi connectivity index (χ1n) is 9.16. The highest BCUT2D eigenvalue weighted by atomic mass is 16.6. The number of hydrogen-bond donors (Lipinski definition) is 1. The van der Waals surface area contributed by atoms with Gasteiger partial charge in [0, 0.05) is 22.1 Å². The zero-order valence-electron chi connectivity index (χ0n) is 15.3. The Balaban J connectivity index is 1.76. The molecular formula is C19H26N3O4+. The van der Waals surface area contributed by atoms with Gasteiger partial charge in [0.25, 0.3) is 0 Å². The van der Waals surface area contributed by atoms with Crippen molar-refractivity contribution in [2.24, 2.45) is 16.8 Å². The summed E-state index contributed by atoms with van der Waals surface area (Å²) in [7, 11) is 1.55. The van der Waals surface area contributed by atoms with Gasteiger partial charge in [0.2, 0.25) is 12.4 Å². The highest BCUT2D eigenvalue weighted by Gasteiger charge is 2.39. The van der Waals surface area contributed by atoms with E-state index in [1.165, 1.54) is 24.0 Å². The molecule has 2 atom stereocenters. The third-order valence-electron chi connectivity index (χ3n) is 5.15. The molecule has 0 saturated heterocycles. The summed E-state index contributed by atoms with van der Waals surface area (Å²) in [5, 5.41) is 2.79. The maximum Gasteiger partial charge on any atom is 0.341 e. The second kappa shape index (κ2) is 8.29. The van der Waals surface area contributed by atoms with Crippen LogP contribution in [0.1, 0.15) is 50.6 Å². The van der Waals surface area contributed by atoms with Crippen molar-refractivity contribution in [2.45, 2.75) is 45.1 Å². The lowest BCUT2D eigenvalue weighted by molar-refractivity contribution is -0.885. The third kappa shape index (κ3) is 4.20. The molecule has 1 fully saturated rings. The zero-order valence-corrected chi connectivity index (χ0v) is 15.3. The molecule has 3 rings (SSSR count). The van der Waals surface area contributed by atoms with Gasteiger partial charge in [0.05, 0.1) is 12.6 Å². The van der Waals surface area contributed by atoms with Crippen LogP contribution in [-0.4, -0.2) is 31.4 Å². The fourth-order valence-electron chi connectivity index (χ4n) is 3.72. The van der Waals surface area contributed by atoms with Crippen LogP contribution < -0.4 is 14.9 Å². The Morgan fingerprint density at radius 3 is 2.85 bits per heavy atom. The van der Waals surface area contributed by atoms with E-state index in [4.69, 9.17) is 9.57 Å². The fraction of sp³-hybridized carbons (Fsp3) is 0.579. The number of rotatable bonds is 5. The number of nitrogens with one attached hydrogen (secondary N) is 1. The van der Waals surface area contributed by atoms with Gasteiger partial charge in [-0.1, -0.05) is 19.3 Å². The predicted octanol–water partition coefficient (Wildman–Crippen LogP) is 2.00. The number of aliphatic imine (C=N–C) groups is 1. The number of pyridine rings is 1. The number of urea groups is 1. The van der Waals surface area contributed by atoms with E-state index in [0.717, 1.165) is 18.4 Å². The number of esters is 1. The Kier molecular flexibility index (Phi) is 5.85. The van der Waals surface area contributed by atoms with E-state index >= 15 is 0 Å². The van der Waals surface area contributed by atoms with E-state index in [1.54, 1.807) is 32.5 Å². The molecule has 26 heavy (non-hydrogen) atoms. The predicted molar refractivity (Wildman–Crippen MR) is 94.5 cm³/mol. The summed E-state index contributed by atoms with van der Waals surface area (Å²) < 4.78 is 7.15. The van der Waals surface area contributed by atoms with Crippen molar-refractivity contribution in [3.63, 3.8) is 0 Å². The minimum atomic E-state index is -0.635. The van der Waals surface area contributed by atoms with E-state index < -0.39 is 18.0 Å². The summed E-state index contributed by atoms with van der Waals surface area (Å²) in [5.41, 5.74) is 1.23. The molecule has 2 aliphatic rings. The Hall–Kier alpha value is -2.44. The van der Waals surface area contributed by atoms with Gasteiger partial charge in [-0.3, -0.25) is 9.63 Å². The SMILES string of the molecule is CO[n+]1cccc(C2NC(=O)N=C(C)C2C(=O)OCC2CCCCC2)c1. The van der Waals surface area contributed by atoms with Crippen molar-refractivity contribution < 1.29 is 23.9 Å². The van der Waals surface area contributed by atoms with Gasteiger partial charge in [0.1, 0.15) is 13.0 Å². The number of hydrogen-bond acceptors (Lipinski definition) is 4. The minimum Gasteiger partial charge on any atom is -0.465 e. The van der Waals surface area contributed by atoms with E-state index in [2.05, 4.69) is 10.3 Å². The molecule has 1 aliphatic heterocycles. The number of amides is 2. The lowest BCUT2D eigenvalue weighted by Gasteiger charge is -2.29. The lowest BCUT2D eigenvalue weighted by Crippen LogP contribution is -2.46. The smallest absolute Gasteiger partial charge is 0.341 e. The Morgan fingerprint density at radius 2 is 2.12 bits per heavy atom. The molecule has 7 heteroatoms. The van der Waals surface area contributed by atoms with Gasteiger partial charge >= 0.3 is 12.0 Å². The second-order valence-corrected chi connectivity index (χ2v) is 6.97. The van der Waals surface area contributed by atoms with Crippen LogP contribution in [0.5, 0.6) is 0 Å². The molecule has 2 heterocycles. The molecule has 0 aromatic carbocycles. The Morgan fingerprint density at radius 1 is 1.35 bits per heavy atom. The van der Waals surface area contributed by atoms with Gasteiger partial charge in [-0.2, -0.15) is 0 Å². The van der Waals surface area contributed by atoms with Crippen LogP contribution in [0.25, 0.3) is 0 Å². The third-order valence-corrected chi connectivity index (χ3v) is 5.15. The van der Waals surface area contributed by atoms with E-state index in [0.29, 0.717) is 18.2 Å². The van der Waals surface area contributed by atoms with Gasteiger partial charge in [0.15, 0.2) is 0 Å². The molecule has 1 N–H and O–H groups in total. The summed E-state index contributed by atoms with van der Waals surface area (Å²) in [6.07, 6.45) is 9.37. The van der Waals surface area contributed by atoms with Crippen molar-refractivity contribution >= 4 is 17.7 Å². The lowest BCUT2D eigenvalue weighted by atomic mass is 9.88. The van der Waals surface area contributed by atoms with E-state index in [1.807, 2.05) is 6.07 Å². The minimum absolute atomic E-state index is 0.338. The van der Waals surface area contributed by atoms with E-state index in [-0.39, 0.29) is 5.97 Å². The molecule has 0 radical (unpaired) electrons. The van der Waals surface area contributed by atoms with Crippen LogP contribution in [0.15, 0.2) is 29.5 Å². The second-order valence-electron chi connectivity index (χ2n) is 6.97. The molecular weight excluding hydrogens is 334 g/mol. The first-order chi connectivity index (χ1) is 12.6. The summed E-state index contributed by atoms with van der Waals surface area (Å²) in [5.74, 6) is -0.535. The highest BCUT2D eigenvalue weighted by molar-refractivity contribution is 6.08. The maximum absolute atomic E-state index is 12.8. The van der Waals surface area contributed by atoms with Crippen LogP contribution in [0.2, 0.25) is 0 Å². The monoisotopic (exact) mass is 360 g/mol. The molecule has 140 valence electrons. The van der Waals surface area contributed by atoms with E-state index in [9.17, 15) is 9.59 Å². The zero-order chi connectivity index (χ0) is 18.5. The van der Waals surface area contributed by atoms with Crippen molar-refractivity contribution in [2.75, 3.05) is 13.7 Å². The molecule has 1 aromatic heterocycles. The summed E-state index contributed by atoms with van der Waals surface area (Å²) in [4.78, 5) is 33.8. The largest absolute Gasteiger partial charge is 0.465 e. The van der Waals surface area contributed by atoms with Gasteiger partial charge in [-0.15, -0.1) is 0 Å². The molecule has 7 nitrogen and oxygen atoms in total. The molecule has 1 saturated carbocycles. The van der Waals surface area contributed by atoms with Crippen LogP contribution in [0, 0.1) is 11.8 Å². The average molecular weight is 360 g/mol. The molecule has 1 aliphatic carbocycles. The summed E-state index contributed by atoms with van der Waals surface area (Å²) in [6.45, 7) is 2.14. The summed E-state index contributed by atoms with van der Waals surface area (Å²) in [6, 6.07) is 2.68. The average Bonchev–Trinajstić information content (AvgIpc) is 2.66. The molecule has 0 bridgehead atoms. The topological polar surface area (TPSA) is 80.9 Å². The maximum atomic E-state index is 12.8. The van der Waals surface area contributed by atoms with Crippen LogP contribution >= 0.6 is 0 Å². The first kappa shape index (κ1) is 18.4. The van der Waals surface area contributed by atoms with Crippen LogP contribution in [0.4, 0.5) is 4.79 Å². The number of carbonyl (C=O) groups excluding carboxylic acids is 2. The number of carbonyl (C=O) groups is 2. The van der Waals surface area contributed by atoms with Crippen molar-refractivity contribution in [1.82, 2.24) is 5.32 Å². The summed E-state index contributed by atoms with van der Waals surface area (Å²) >= 11 is 0. The van der Waals surface area contributed by atoms with Gasteiger partial charge in [-0.25, -0.2) is 9.79 Å². The molecule has 0 spiro atoms. The van der Waals surface area contributed by atoms with Crippen molar-refractivity contribution in [3.05, 3.63) is 30.1 Å². The quantitative estimate of drug-likeness (QED) is 0.643. The van der Waals surface area contributed by atoms with Crippen molar-refractivity contribution in [3.8, 4) is 0 Å². The normalized spacial score (nSPS) is 23.8.